The predicted octanol–water partition coefficient (Wildman–Crippen LogP) is 1.38. The molecule has 1 saturated heterocycles. The summed E-state index contributed by atoms with van der Waals surface area (Å²) in [5, 5.41) is 11.0. The highest BCUT2D eigenvalue weighted by Crippen LogP contribution is 2.25. The van der Waals surface area contributed by atoms with Gasteiger partial charge in [-0.05, 0) is 25.7 Å². The van der Waals surface area contributed by atoms with Crippen LogP contribution in [0.5, 0.6) is 0 Å². The van der Waals surface area contributed by atoms with E-state index in [-0.39, 0.29) is 12.0 Å². The lowest BCUT2D eigenvalue weighted by Gasteiger charge is -2.38. The van der Waals surface area contributed by atoms with E-state index in [0.717, 1.165) is 61.7 Å². The Morgan fingerprint density at radius 1 is 1.38 bits per heavy atom. The van der Waals surface area contributed by atoms with Crippen molar-refractivity contribution in [3.8, 4) is 0 Å². The van der Waals surface area contributed by atoms with Crippen LogP contribution in [0.1, 0.15) is 40.9 Å². The Labute approximate surface area is 129 Å². The van der Waals surface area contributed by atoms with Crippen molar-refractivity contribution >= 4 is 17.2 Å². The van der Waals surface area contributed by atoms with Gasteiger partial charge in [0.05, 0.1) is 17.3 Å². The molecule has 1 saturated carbocycles. The maximum atomic E-state index is 12.4. The lowest BCUT2D eigenvalue weighted by molar-refractivity contribution is 0.0317. The Morgan fingerprint density at radius 3 is 2.71 bits per heavy atom. The molecule has 0 aromatic carbocycles. The van der Waals surface area contributed by atoms with Gasteiger partial charge >= 0.3 is 0 Å². The van der Waals surface area contributed by atoms with Crippen molar-refractivity contribution < 1.29 is 9.90 Å². The maximum absolute atomic E-state index is 12.4. The van der Waals surface area contributed by atoms with Gasteiger partial charge < -0.3 is 10.0 Å². The third kappa shape index (κ3) is 3.12. The molecule has 1 amide bonds. The first-order valence-electron chi connectivity index (χ1n) is 7.85. The van der Waals surface area contributed by atoms with E-state index in [0.29, 0.717) is 6.04 Å². The highest BCUT2D eigenvalue weighted by Gasteiger charge is 2.33. The molecule has 1 aromatic heterocycles. The minimum atomic E-state index is -0.180. The fourth-order valence-electron chi connectivity index (χ4n) is 3.33. The molecule has 0 radical (unpaired) electrons. The van der Waals surface area contributed by atoms with Gasteiger partial charge in [0.2, 0.25) is 0 Å². The van der Waals surface area contributed by atoms with E-state index >= 15 is 0 Å². The predicted molar refractivity (Wildman–Crippen MR) is 82.6 cm³/mol. The Bertz CT molecular complexity index is 497. The largest absolute Gasteiger partial charge is 0.391 e. The molecule has 2 aliphatic rings. The van der Waals surface area contributed by atoms with Crippen LogP contribution in [-0.4, -0.2) is 64.1 Å². The molecular formula is C15H23N3O2S. The van der Waals surface area contributed by atoms with Crippen molar-refractivity contribution in [2.24, 2.45) is 0 Å². The summed E-state index contributed by atoms with van der Waals surface area (Å²) in [5.41, 5.74) is 0. The second-order valence-corrected chi connectivity index (χ2v) is 6.98. The lowest BCUT2D eigenvalue weighted by Crippen LogP contribution is -2.53. The van der Waals surface area contributed by atoms with Gasteiger partial charge in [0.1, 0.15) is 4.88 Å². The molecule has 1 aliphatic carbocycles. The van der Waals surface area contributed by atoms with Crippen LogP contribution in [-0.2, 0) is 6.42 Å². The first-order chi connectivity index (χ1) is 10.2. The number of aryl methyl sites for hydroxylation is 1. The summed E-state index contributed by atoms with van der Waals surface area (Å²) in [5.74, 6) is 0.110. The number of aliphatic hydroxyl groups is 1. The van der Waals surface area contributed by atoms with Crippen molar-refractivity contribution in [2.75, 3.05) is 26.2 Å². The molecule has 2 fully saturated rings. The molecule has 1 aromatic rings. The van der Waals surface area contributed by atoms with E-state index in [1.807, 2.05) is 4.90 Å². The van der Waals surface area contributed by atoms with Gasteiger partial charge in [-0.1, -0.05) is 6.92 Å². The van der Waals surface area contributed by atoms with Gasteiger partial charge in [-0.25, -0.2) is 4.98 Å². The molecule has 0 spiro atoms. The number of rotatable bonds is 3. The summed E-state index contributed by atoms with van der Waals surface area (Å²) < 4.78 is 0. The number of piperazine rings is 1. The van der Waals surface area contributed by atoms with Crippen LogP contribution in [0.25, 0.3) is 0 Å². The number of hydrogen-bond acceptors (Lipinski definition) is 5. The van der Waals surface area contributed by atoms with Crippen LogP contribution in [0.15, 0.2) is 6.20 Å². The van der Waals surface area contributed by atoms with Gasteiger partial charge in [0, 0.05) is 32.2 Å². The molecule has 2 atom stereocenters. The monoisotopic (exact) mass is 309 g/mol. The van der Waals surface area contributed by atoms with Gasteiger partial charge in [-0.15, -0.1) is 11.3 Å². The molecule has 2 heterocycles. The summed E-state index contributed by atoms with van der Waals surface area (Å²) in [6, 6.07) is 0.303. The highest BCUT2D eigenvalue weighted by molar-refractivity contribution is 7.13. The second kappa shape index (κ2) is 6.42. The van der Waals surface area contributed by atoms with Crippen LogP contribution in [0.2, 0.25) is 0 Å². The van der Waals surface area contributed by atoms with Gasteiger partial charge in [-0.3, -0.25) is 9.69 Å². The zero-order valence-corrected chi connectivity index (χ0v) is 13.3. The number of aliphatic hydroxyl groups excluding tert-OH is 1. The average molecular weight is 309 g/mol. The van der Waals surface area contributed by atoms with Crippen LogP contribution >= 0.6 is 11.3 Å². The molecule has 0 unspecified atom stereocenters. The summed E-state index contributed by atoms with van der Waals surface area (Å²) in [4.78, 5) is 21.7. The number of aromatic nitrogens is 1. The zero-order chi connectivity index (χ0) is 14.8. The molecule has 6 heteroatoms. The van der Waals surface area contributed by atoms with Gasteiger partial charge in [-0.2, -0.15) is 0 Å². The van der Waals surface area contributed by atoms with Crippen molar-refractivity contribution in [3.05, 3.63) is 16.1 Å². The summed E-state index contributed by atoms with van der Waals surface area (Å²) in [7, 11) is 0. The molecular weight excluding hydrogens is 286 g/mol. The van der Waals surface area contributed by atoms with E-state index in [2.05, 4.69) is 16.8 Å². The molecule has 3 rings (SSSR count). The summed E-state index contributed by atoms with van der Waals surface area (Å²) >= 11 is 1.51. The number of nitrogens with zero attached hydrogens (tertiary/aromatic N) is 3. The Hall–Kier alpha value is -0.980. The fraction of sp³-hybridized carbons (Fsp3) is 0.733. The summed E-state index contributed by atoms with van der Waals surface area (Å²) in [6.45, 7) is 5.29. The van der Waals surface area contributed by atoms with Crippen LogP contribution in [0, 0.1) is 0 Å². The smallest absolute Gasteiger partial charge is 0.265 e. The van der Waals surface area contributed by atoms with E-state index in [4.69, 9.17) is 0 Å². The van der Waals surface area contributed by atoms with E-state index < -0.39 is 0 Å². The third-order valence-electron chi connectivity index (χ3n) is 4.58. The van der Waals surface area contributed by atoms with Crippen LogP contribution in [0.3, 0.4) is 0 Å². The molecule has 0 bridgehead atoms. The fourth-order valence-corrected chi connectivity index (χ4v) is 4.16. The zero-order valence-electron chi connectivity index (χ0n) is 12.5. The summed E-state index contributed by atoms with van der Waals surface area (Å²) in [6.07, 6.45) is 5.53. The first-order valence-corrected chi connectivity index (χ1v) is 8.66. The second-order valence-electron chi connectivity index (χ2n) is 5.87. The number of thiazole rings is 1. The van der Waals surface area contributed by atoms with Crippen molar-refractivity contribution in [2.45, 2.75) is 44.8 Å². The van der Waals surface area contributed by atoms with Crippen LogP contribution < -0.4 is 0 Å². The lowest BCUT2D eigenvalue weighted by atomic mass is 10.1. The van der Waals surface area contributed by atoms with Crippen molar-refractivity contribution in [1.29, 1.82) is 0 Å². The Balaban J connectivity index is 1.56. The van der Waals surface area contributed by atoms with E-state index in [1.165, 1.54) is 11.3 Å². The van der Waals surface area contributed by atoms with Crippen LogP contribution in [0.4, 0.5) is 0 Å². The number of amides is 1. The molecule has 116 valence electrons. The van der Waals surface area contributed by atoms with Crippen molar-refractivity contribution in [1.82, 2.24) is 14.8 Å². The Kier molecular flexibility index (Phi) is 4.57. The van der Waals surface area contributed by atoms with Crippen molar-refractivity contribution in [3.63, 3.8) is 0 Å². The quantitative estimate of drug-likeness (QED) is 0.916. The van der Waals surface area contributed by atoms with Gasteiger partial charge in [0.25, 0.3) is 5.91 Å². The normalized spacial score (nSPS) is 27.2. The van der Waals surface area contributed by atoms with E-state index in [1.54, 1.807) is 6.20 Å². The number of carbonyl (C=O) groups excluding carboxylic acids is 1. The molecule has 21 heavy (non-hydrogen) atoms. The SMILES string of the molecule is CCc1ncc(C(=O)N2CCN([C@H]3CCC[C@H]3O)CC2)s1. The highest BCUT2D eigenvalue weighted by atomic mass is 32.1. The number of hydrogen-bond donors (Lipinski definition) is 1. The molecule has 1 N–H and O–H groups in total. The van der Waals surface area contributed by atoms with Gasteiger partial charge in [0.15, 0.2) is 0 Å². The molecule has 1 aliphatic heterocycles. The average Bonchev–Trinajstić information content (AvgIpc) is 3.15. The third-order valence-corrected chi connectivity index (χ3v) is 5.71. The Morgan fingerprint density at radius 2 is 2.14 bits per heavy atom. The topological polar surface area (TPSA) is 56.7 Å². The standard InChI is InChI=1S/C15H23N3O2S/c1-2-14-16-10-13(21-14)15(20)18-8-6-17(7-9-18)11-4-3-5-12(11)19/h10-12,19H,2-9H2,1H3/t11-,12+/m0/s1. The van der Waals surface area contributed by atoms with E-state index in [9.17, 15) is 9.90 Å². The minimum absolute atomic E-state index is 0.110. The first kappa shape index (κ1) is 14.9. The maximum Gasteiger partial charge on any atom is 0.265 e. The number of carbonyl (C=O) groups is 1. The molecule has 5 nitrogen and oxygen atoms in total. The minimum Gasteiger partial charge on any atom is -0.391 e.